The first-order valence-electron chi connectivity index (χ1n) is 10.2. The Labute approximate surface area is 176 Å². The zero-order chi connectivity index (χ0) is 21.1. The third kappa shape index (κ3) is 4.42. The zero-order valence-electron chi connectivity index (χ0n) is 17.4. The monoisotopic (exact) mass is 414 g/mol. The maximum Gasteiger partial charge on any atom is 0.237 e. The van der Waals surface area contributed by atoms with Crippen LogP contribution in [0.2, 0.25) is 0 Å². The van der Waals surface area contributed by atoms with E-state index in [2.05, 4.69) is 4.90 Å². The second kappa shape index (κ2) is 9.02. The summed E-state index contributed by atoms with van der Waals surface area (Å²) in [5, 5.41) is 0. The first-order chi connectivity index (χ1) is 14.6. The highest BCUT2D eigenvalue weighted by Crippen LogP contribution is 2.33. The molecule has 1 fully saturated rings. The van der Waals surface area contributed by atoms with Gasteiger partial charge >= 0.3 is 0 Å². The number of methoxy groups -OCH3 is 2. The lowest BCUT2D eigenvalue weighted by atomic mass is 9.98. The van der Waals surface area contributed by atoms with Gasteiger partial charge < -0.3 is 19.1 Å². The molecule has 0 spiro atoms. The summed E-state index contributed by atoms with van der Waals surface area (Å²) < 4.78 is 29.8. The summed E-state index contributed by atoms with van der Waals surface area (Å²) in [5.41, 5.74) is 3.22. The summed E-state index contributed by atoms with van der Waals surface area (Å²) in [6, 6.07) is 10.3. The smallest absolute Gasteiger partial charge is 0.237 e. The Bertz CT molecular complexity index is 903. The Morgan fingerprint density at radius 1 is 1.10 bits per heavy atom. The number of halogens is 1. The third-order valence-corrected chi connectivity index (χ3v) is 5.82. The van der Waals surface area contributed by atoms with Crippen molar-refractivity contribution in [2.75, 3.05) is 47.0 Å². The van der Waals surface area contributed by atoms with Gasteiger partial charge in [-0.1, -0.05) is 12.1 Å². The second-order valence-corrected chi connectivity index (χ2v) is 7.69. The van der Waals surface area contributed by atoms with Gasteiger partial charge in [0, 0.05) is 26.2 Å². The lowest BCUT2D eigenvalue weighted by Crippen LogP contribution is -2.46. The largest absolute Gasteiger partial charge is 0.493 e. The molecule has 0 aliphatic carbocycles. The van der Waals surface area contributed by atoms with Gasteiger partial charge in [-0.25, -0.2) is 4.39 Å². The molecule has 1 atom stereocenters. The number of rotatable bonds is 5. The van der Waals surface area contributed by atoms with Crippen molar-refractivity contribution in [2.24, 2.45) is 0 Å². The Balaban J connectivity index is 1.39. The molecule has 0 aromatic heterocycles. The van der Waals surface area contributed by atoms with E-state index in [1.165, 1.54) is 17.7 Å². The molecule has 2 aliphatic heterocycles. The van der Waals surface area contributed by atoms with Crippen LogP contribution in [0.4, 0.5) is 4.39 Å². The lowest BCUT2D eigenvalue weighted by Gasteiger charge is -2.35. The Kier molecular flexibility index (Phi) is 6.20. The standard InChI is InChI=1S/C23H27FN2O4/c1-28-20-11-17-7-8-26(13-18(17)12-21(20)29-2)23(27)15-25-9-10-30-22(14-25)16-3-5-19(24)6-4-16/h3-6,11-12,22H,7-10,13-15H2,1-2H3. The summed E-state index contributed by atoms with van der Waals surface area (Å²) in [6.45, 7) is 3.48. The number of benzene rings is 2. The molecule has 2 aromatic rings. The zero-order valence-corrected chi connectivity index (χ0v) is 17.4. The van der Waals surface area contributed by atoms with E-state index in [1.54, 1.807) is 26.4 Å². The van der Waals surface area contributed by atoms with Gasteiger partial charge in [0.25, 0.3) is 0 Å². The van der Waals surface area contributed by atoms with Crippen LogP contribution in [-0.2, 0) is 22.5 Å². The van der Waals surface area contributed by atoms with Crippen molar-refractivity contribution in [1.29, 1.82) is 0 Å². The van der Waals surface area contributed by atoms with Crippen molar-refractivity contribution >= 4 is 5.91 Å². The van der Waals surface area contributed by atoms with Crippen molar-refractivity contribution in [3.05, 3.63) is 58.9 Å². The Morgan fingerprint density at radius 2 is 1.80 bits per heavy atom. The second-order valence-electron chi connectivity index (χ2n) is 7.69. The Morgan fingerprint density at radius 3 is 2.50 bits per heavy atom. The molecular weight excluding hydrogens is 387 g/mol. The van der Waals surface area contributed by atoms with E-state index in [4.69, 9.17) is 14.2 Å². The fraction of sp³-hybridized carbons (Fsp3) is 0.435. The molecule has 0 bridgehead atoms. The molecule has 2 heterocycles. The number of amides is 1. The molecule has 0 radical (unpaired) electrons. The van der Waals surface area contributed by atoms with Gasteiger partial charge in [0.05, 0.1) is 33.5 Å². The molecule has 1 amide bonds. The van der Waals surface area contributed by atoms with Crippen molar-refractivity contribution in [3.63, 3.8) is 0 Å². The molecule has 2 aliphatic rings. The molecule has 1 saturated heterocycles. The minimum atomic E-state index is -0.263. The van der Waals surface area contributed by atoms with E-state index in [0.717, 1.165) is 23.3 Å². The molecule has 30 heavy (non-hydrogen) atoms. The summed E-state index contributed by atoms with van der Waals surface area (Å²) in [5.74, 6) is 1.24. The van der Waals surface area contributed by atoms with Crippen LogP contribution >= 0.6 is 0 Å². The maximum atomic E-state index is 13.2. The predicted molar refractivity (Wildman–Crippen MR) is 110 cm³/mol. The summed E-state index contributed by atoms with van der Waals surface area (Å²) >= 11 is 0. The Hall–Kier alpha value is -2.64. The normalized spacial score (nSPS) is 19.3. The molecule has 7 heteroatoms. The minimum absolute atomic E-state index is 0.107. The molecule has 0 N–H and O–H groups in total. The molecule has 2 aromatic carbocycles. The van der Waals surface area contributed by atoms with Crippen LogP contribution in [0.25, 0.3) is 0 Å². The van der Waals surface area contributed by atoms with E-state index >= 15 is 0 Å². The lowest BCUT2D eigenvalue weighted by molar-refractivity contribution is -0.135. The van der Waals surface area contributed by atoms with Gasteiger partial charge in [-0.2, -0.15) is 0 Å². The van der Waals surface area contributed by atoms with Gasteiger partial charge in [-0.05, 0) is 47.4 Å². The molecular formula is C23H27FN2O4. The number of carbonyl (C=O) groups is 1. The predicted octanol–water partition coefficient (Wildman–Crippen LogP) is 2.80. The number of nitrogens with zero attached hydrogens (tertiary/aromatic N) is 2. The highest BCUT2D eigenvalue weighted by atomic mass is 19.1. The van der Waals surface area contributed by atoms with Gasteiger partial charge in [0.15, 0.2) is 11.5 Å². The molecule has 160 valence electrons. The van der Waals surface area contributed by atoms with Crippen LogP contribution in [0.3, 0.4) is 0 Å². The number of carbonyl (C=O) groups excluding carboxylic acids is 1. The molecule has 6 nitrogen and oxygen atoms in total. The summed E-state index contributed by atoms with van der Waals surface area (Å²) in [4.78, 5) is 17.0. The average molecular weight is 414 g/mol. The molecule has 1 unspecified atom stereocenters. The van der Waals surface area contributed by atoms with Crippen molar-refractivity contribution < 1.29 is 23.4 Å². The number of fused-ring (bicyclic) bond motifs is 1. The minimum Gasteiger partial charge on any atom is -0.493 e. The summed E-state index contributed by atoms with van der Waals surface area (Å²) in [6.07, 6.45) is 0.647. The fourth-order valence-electron chi connectivity index (χ4n) is 4.11. The molecule has 4 rings (SSSR count). The van der Waals surface area contributed by atoms with Gasteiger partial charge in [0.1, 0.15) is 5.82 Å². The SMILES string of the molecule is COc1cc2c(cc1OC)CN(C(=O)CN1CCOC(c3ccc(F)cc3)C1)CC2. The van der Waals surface area contributed by atoms with Crippen LogP contribution in [0.5, 0.6) is 11.5 Å². The van der Waals surface area contributed by atoms with Gasteiger partial charge in [0.2, 0.25) is 5.91 Å². The van der Waals surface area contributed by atoms with Crippen molar-refractivity contribution in [2.45, 2.75) is 19.1 Å². The third-order valence-electron chi connectivity index (χ3n) is 5.82. The number of hydrogen-bond donors (Lipinski definition) is 0. The number of hydrogen-bond acceptors (Lipinski definition) is 5. The van der Waals surface area contributed by atoms with Gasteiger partial charge in [-0.15, -0.1) is 0 Å². The van der Waals surface area contributed by atoms with Crippen LogP contribution in [0.15, 0.2) is 36.4 Å². The van der Waals surface area contributed by atoms with E-state index in [9.17, 15) is 9.18 Å². The number of ether oxygens (including phenoxy) is 3. The quantitative estimate of drug-likeness (QED) is 0.753. The first-order valence-corrected chi connectivity index (χ1v) is 10.2. The maximum absolute atomic E-state index is 13.2. The van der Waals surface area contributed by atoms with E-state index in [1.807, 2.05) is 17.0 Å². The topological polar surface area (TPSA) is 51.2 Å². The highest BCUT2D eigenvalue weighted by molar-refractivity contribution is 5.78. The van der Waals surface area contributed by atoms with Crippen molar-refractivity contribution in [3.8, 4) is 11.5 Å². The van der Waals surface area contributed by atoms with Crippen LogP contribution < -0.4 is 9.47 Å². The fourth-order valence-corrected chi connectivity index (χ4v) is 4.11. The number of morpholine rings is 1. The highest BCUT2D eigenvalue weighted by Gasteiger charge is 2.27. The average Bonchev–Trinajstić information content (AvgIpc) is 2.78. The van der Waals surface area contributed by atoms with Crippen LogP contribution in [0, 0.1) is 5.82 Å². The first kappa shape index (κ1) is 20.6. The van der Waals surface area contributed by atoms with Crippen molar-refractivity contribution in [1.82, 2.24) is 9.80 Å². The summed E-state index contributed by atoms with van der Waals surface area (Å²) in [7, 11) is 3.25. The van der Waals surface area contributed by atoms with E-state index < -0.39 is 0 Å². The van der Waals surface area contributed by atoms with Crippen LogP contribution in [0.1, 0.15) is 22.8 Å². The van der Waals surface area contributed by atoms with Gasteiger partial charge in [-0.3, -0.25) is 9.69 Å². The van der Waals surface area contributed by atoms with E-state index in [0.29, 0.717) is 45.1 Å². The molecule has 0 saturated carbocycles. The van der Waals surface area contributed by atoms with Crippen LogP contribution in [-0.4, -0.2) is 62.7 Å². The van der Waals surface area contributed by atoms with E-state index in [-0.39, 0.29) is 17.8 Å².